The summed E-state index contributed by atoms with van der Waals surface area (Å²) >= 11 is 0. The van der Waals surface area contributed by atoms with Gasteiger partial charge in [-0.15, -0.1) is 6.58 Å². The molecule has 0 aliphatic carbocycles. The number of allylic oxidation sites excluding steroid dienone is 1. The van der Waals surface area contributed by atoms with Gasteiger partial charge in [-0.05, 0) is 19.8 Å². The molecule has 5 nitrogen and oxygen atoms in total. The predicted molar refractivity (Wildman–Crippen MR) is 57.0 cm³/mol. The lowest BCUT2D eigenvalue weighted by molar-refractivity contribution is -0.145. The third kappa shape index (κ3) is 5.17. The first kappa shape index (κ1) is 13.6. The molecule has 5 heteroatoms. The van der Waals surface area contributed by atoms with Gasteiger partial charge in [-0.3, -0.25) is 4.79 Å². The van der Waals surface area contributed by atoms with E-state index >= 15 is 0 Å². The zero-order valence-corrected chi connectivity index (χ0v) is 9.16. The second kappa shape index (κ2) is 7.00. The van der Waals surface area contributed by atoms with E-state index in [0.717, 1.165) is 0 Å². The first-order chi connectivity index (χ1) is 7.02. The van der Waals surface area contributed by atoms with Crippen molar-refractivity contribution in [3.63, 3.8) is 0 Å². The van der Waals surface area contributed by atoms with Crippen molar-refractivity contribution >= 4 is 11.9 Å². The molecule has 0 aromatic heterocycles. The Bertz CT molecular complexity index is 239. The molecule has 0 aliphatic heterocycles. The zero-order valence-electron chi connectivity index (χ0n) is 9.16. The fourth-order valence-corrected chi connectivity index (χ4v) is 0.979. The van der Waals surface area contributed by atoms with Crippen LogP contribution in [0, 0.1) is 0 Å². The zero-order chi connectivity index (χ0) is 11.8. The third-order valence-electron chi connectivity index (χ3n) is 1.88. The number of carbonyl (C=O) groups excluding carboxylic acids is 2. The molecule has 0 fully saturated rings. The second-order valence-electron chi connectivity index (χ2n) is 3.24. The van der Waals surface area contributed by atoms with Crippen LogP contribution in [-0.4, -0.2) is 31.1 Å². The number of hydrogen-bond donors (Lipinski definition) is 2. The van der Waals surface area contributed by atoms with Crippen molar-refractivity contribution in [3.05, 3.63) is 12.7 Å². The molecule has 0 heterocycles. The van der Waals surface area contributed by atoms with E-state index in [1.165, 1.54) is 7.11 Å². The molecule has 0 spiro atoms. The molecule has 2 atom stereocenters. The lowest BCUT2D eigenvalue weighted by Crippen LogP contribution is -2.47. The standard InChI is InChI=1S/C10H18N2O3/c1-4-5-6-8(10(14)15-3)12-9(13)7(2)11/h4,7-8H,1,5-6,11H2,2-3H3,(H,12,13)/t7-,8-/m0/s1. The summed E-state index contributed by atoms with van der Waals surface area (Å²) in [6, 6.07) is -1.28. The maximum Gasteiger partial charge on any atom is 0.328 e. The minimum Gasteiger partial charge on any atom is -0.467 e. The Morgan fingerprint density at radius 2 is 2.20 bits per heavy atom. The molecule has 0 unspecified atom stereocenters. The van der Waals surface area contributed by atoms with Gasteiger partial charge in [0.25, 0.3) is 0 Å². The summed E-state index contributed by atoms with van der Waals surface area (Å²) in [5.74, 6) is -0.833. The van der Waals surface area contributed by atoms with Crippen LogP contribution in [0.2, 0.25) is 0 Å². The van der Waals surface area contributed by atoms with E-state index in [2.05, 4.69) is 16.6 Å². The first-order valence-electron chi connectivity index (χ1n) is 4.77. The summed E-state index contributed by atoms with van der Waals surface area (Å²) in [6.07, 6.45) is 2.77. The Morgan fingerprint density at radius 3 is 2.60 bits per heavy atom. The number of rotatable bonds is 6. The van der Waals surface area contributed by atoms with Gasteiger partial charge in [0, 0.05) is 0 Å². The van der Waals surface area contributed by atoms with Gasteiger partial charge >= 0.3 is 5.97 Å². The van der Waals surface area contributed by atoms with Gasteiger partial charge in [0.2, 0.25) is 5.91 Å². The first-order valence-corrected chi connectivity index (χ1v) is 4.77. The second-order valence-corrected chi connectivity index (χ2v) is 3.24. The summed E-state index contributed by atoms with van der Waals surface area (Å²) in [6.45, 7) is 5.10. The van der Waals surface area contributed by atoms with Crippen molar-refractivity contribution in [1.82, 2.24) is 5.32 Å². The number of esters is 1. The van der Waals surface area contributed by atoms with Crippen LogP contribution in [0.15, 0.2) is 12.7 Å². The van der Waals surface area contributed by atoms with E-state index in [1.807, 2.05) is 0 Å². The van der Waals surface area contributed by atoms with E-state index in [0.29, 0.717) is 12.8 Å². The highest BCUT2D eigenvalue weighted by Gasteiger charge is 2.21. The van der Waals surface area contributed by atoms with Gasteiger partial charge in [0.1, 0.15) is 6.04 Å². The van der Waals surface area contributed by atoms with E-state index in [1.54, 1.807) is 13.0 Å². The van der Waals surface area contributed by atoms with Gasteiger partial charge in [-0.1, -0.05) is 6.08 Å². The van der Waals surface area contributed by atoms with Crippen molar-refractivity contribution in [1.29, 1.82) is 0 Å². The summed E-state index contributed by atoms with van der Waals surface area (Å²) < 4.78 is 4.56. The molecule has 0 radical (unpaired) electrons. The number of ether oxygens (including phenoxy) is 1. The smallest absolute Gasteiger partial charge is 0.328 e. The average Bonchev–Trinajstić information content (AvgIpc) is 2.22. The van der Waals surface area contributed by atoms with Gasteiger partial charge < -0.3 is 15.8 Å². The molecule has 0 aromatic carbocycles. The maximum absolute atomic E-state index is 11.3. The topological polar surface area (TPSA) is 81.4 Å². The van der Waals surface area contributed by atoms with Crippen molar-refractivity contribution in [2.24, 2.45) is 5.73 Å². The number of nitrogens with two attached hydrogens (primary N) is 1. The van der Waals surface area contributed by atoms with Crippen LogP contribution < -0.4 is 11.1 Å². The van der Waals surface area contributed by atoms with Crippen LogP contribution >= 0.6 is 0 Å². The maximum atomic E-state index is 11.3. The normalized spacial score (nSPS) is 13.8. The molecular formula is C10H18N2O3. The summed E-state index contributed by atoms with van der Waals surface area (Å²) in [5, 5.41) is 2.52. The van der Waals surface area contributed by atoms with Crippen molar-refractivity contribution in [3.8, 4) is 0 Å². The van der Waals surface area contributed by atoms with E-state index in [-0.39, 0.29) is 5.91 Å². The van der Waals surface area contributed by atoms with Gasteiger partial charge in [-0.2, -0.15) is 0 Å². The molecular weight excluding hydrogens is 196 g/mol. The molecule has 0 saturated heterocycles. The van der Waals surface area contributed by atoms with Crippen LogP contribution in [0.4, 0.5) is 0 Å². The van der Waals surface area contributed by atoms with Gasteiger partial charge in [-0.25, -0.2) is 4.79 Å². The molecule has 3 N–H and O–H groups in total. The minimum atomic E-state index is -0.647. The minimum absolute atomic E-state index is 0.366. The Hall–Kier alpha value is -1.36. The highest BCUT2D eigenvalue weighted by molar-refractivity contribution is 5.87. The molecule has 0 aromatic rings. The van der Waals surface area contributed by atoms with Crippen molar-refractivity contribution in [2.75, 3.05) is 7.11 Å². The number of amides is 1. The molecule has 0 bridgehead atoms. The van der Waals surface area contributed by atoms with E-state index < -0.39 is 18.1 Å². The highest BCUT2D eigenvalue weighted by atomic mass is 16.5. The highest BCUT2D eigenvalue weighted by Crippen LogP contribution is 2.00. The number of nitrogens with one attached hydrogen (secondary N) is 1. The van der Waals surface area contributed by atoms with E-state index in [9.17, 15) is 9.59 Å². The summed E-state index contributed by atoms with van der Waals surface area (Å²) in [4.78, 5) is 22.5. The average molecular weight is 214 g/mol. The van der Waals surface area contributed by atoms with Crippen molar-refractivity contribution < 1.29 is 14.3 Å². The van der Waals surface area contributed by atoms with Crippen LogP contribution in [0.5, 0.6) is 0 Å². The fourth-order valence-electron chi connectivity index (χ4n) is 0.979. The summed E-state index contributed by atoms with van der Waals surface area (Å²) in [7, 11) is 1.28. The molecule has 86 valence electrons. The quantitative estimate of drug-likeness (QED) is 0.480. The molecule has 0 rings (SSSR count). The van der Waals surface area contributed by atoms with Crippen LogP contribution in [0.1, 0.15) is 19.8 Å². The van der Waals surface area contributed by atoms with Gasteiger partial charge in [0.15, 0.2) is 0 Å². The number of carbonyl (C=O) groups is 2. The Kier molecular flexibility index (Phi) is 6.37. The van der Waals surface area contributed by atoms with Crippen LogP contribution in [0.3, 0.4) is 0 Å². The number of methoxy groups -OCH3 is 1. The molecule has 0 aliphatic rings. The Morgan fingerprint density at radius 1 is 1.60 bits per heavy atom. The Balaban J connectivity index is 4.29. The van der Waals surface area contributed by atoms with Gasteiger partial charge in [0.05, 0.1) is 13.2 Å². The molecule has 1 amide bonds. The molecule has 15 heavy (non-hydrogen) atoms. The predicted octanol–water partition coefficient (Wildman–Crippen LogP) is -0.0424. The largest absolute Gasteiger partial charge is 0.467 e. The van der Waals surface area contributed by atoms with Crippen LogP contribution in [0.25, 0.3) is 0 Å². The Labute approximate surface area is 89.7 Å². The van der Waals surface area contributed by atoms with Crippen LogP contribution in [-0.2, 0) is 14.3 Å². The van der Waals surface area contributed by atoms with Crippen molar-refractivity contribution in [2.45, 2.75) is 31.8 Å². The molecule has 0 saturated carbocycles. The lowest BCUT2D eigenvalue weighted by Gasteiger charge is -2.16. The number of hydrogen-bond acceptors (Lipinski definition) is 4. The van der Waals surface area contributed by atoms with E-state index in [4.69, 9.17) is 5.73 Å². The monoisotopic (exact) mass is 214 g/mol. The third-order valence-corrected chi connectivity index (χ3v) is 1.88. The summed E-state index contributed by atoms with van der Waals surface area (Å²) in [5.41, 5.74) is 5.37. The SMILES string of the molecule is C=CCC[C@H](NC(=O)[C@H](C)N)C(=O)OC. The fraction of sp³-hybridized carbons (Fsp3) is 0.600. The lowest BCUT2D eigenvalue weighted by atomic mass is 10.1.